The number of ether oxygens (including phenoxy) is 2. The second kappa shape index (κ2) is 8.42. The van der Waals surface area contributed by atoms with E-state index in [4.69, 9.17) is 13.9 Å². The molecule has 0 saturated carbocycles. The lowest BCUT2D eigenvalue weighted by atomic mass is 9.94. The molecule has 7 nitrogen and oxygen atoms in total. The summed E-state index contributed by atoms with van der Waals surface area (Å²) in [6.07, 6.45) is 3.70. The number of fused-ring (bicyclic) bond motifs is 1. The average Bonchev–Trinajstić information content (AvgIpc) is 3.62. The van der Waals surface area contributed by atoms with Crippen molar-refractivity contribution in [1.82, 2.24) is 20.0 Å². The molecule has 1 N–H and O–H groups in total. The number of likely N-dealkylation sites (N-methyl/N-ethyl adjacent to an activating group) is 1. The molecule has 0 amide bonds. The van der Waals surface area contributed by atoms with Crippen molar-refractivity contribution in [3.05, 3.63) is 78.2 Å². The third-order valence-corrected chi connectivity index (χ3v) is 6.55. The number of H-pyrrole nitrogens is 1. The van der Waals surface area contributed by atoms with Gasteiger partial charge in [-0.3, -0.25) is 10.00 Å². The Balaban J connectivity index is 1.36. The normalized spacial score (nSPS) is 17.4. The van der Waals surface area contributed by atoms with E-state index in [1.807, 2.05) is 30.5 Å². The zero-order valence-electron chi connectivity index (χ0n) is 18.5. The summed E-state index contributed by atoms with van der Waals surface area (Å²) in [4.78, 5) is 4.91. The van der Waals surface area contributed by atoms with Crippen LogP contribution in [0.2, 0.25) is 0 Å². The highest BCUT2D eigenvalue weighted by atomic mass is 16.7. The number of piperazine rings is 1. The quantitative estimate of drug-likeness (QED) is 0.494. The lowest BCUT2D eigenvalue weighted by Gasteiger charge is -2.38. The summed E-state index contributed by atoms with van der Waals surface area (Å²) in [6, 6.07) is 18.9. The predicted molar refractivity (Wildman–Crippen MR) is 125 cm³/mol. The second-order valence-corrected chi connectivity index (χ2v) is 8.60. The van der Waals surface area contributed by atoms with Crippen molar-refractivity contribution in [1.29, 1.82) is 0 Å². The number of aromatic nitrogens is 2. The van der Waals surface area contributed by atoms with Crippen molar-refractivity contribution in [2.45, 2.75) is 6.04 Å². The van der Waals surface area contributed by atoms with Crippen LogP contribution in [-0.2, 0) is 0 Å². The molecule has 2 aliphatic heterocycles. The first-order valence-corrected chi connectivity index (χ1v) is 11.3. The van der Waals surface area contributed by atoms with E-state index >= 15 is 0 Å². The SMILES string of the molecule is CN1CCN(C(c2ccc(-c3ccc4c(c3)OCO4)cc2)c2c[nH]nc2-c2ccco2)CC1. The number of furan rings is 1. The summed E-state index contributed by atoms with van der Waals surface area (Å²) >= 11 is 0. The molecule has 1 fully saturated rings. The molecule has 2 aromatic heterocycles. The lowest BCUT2D eigenvalue weighted by Crippen LogP contribution is -2.46. The lowest BCUT2D eigenvalue weighted by molar-refractivity contribution is 0.127. The molecule has 0 bridgehead atoms. The molecule has 1 atom stereocenters. The van der Waals surface area contributed by atoms with Gasteiger partial charge in [0, 0.05) is 37.9 Å². The average molecular weight is 443 g/mol. The summed E-state index contributed by atoms with van der Waals surface area (Å²) < 4.78 is 16.7. The standard InChI is InChI=1S/C26H26N4O3/c1-29-10-12-30(13-11-29)26(21-16-27-28-25(21)23-3-2-14-31-23)19-6-4-18(5-7-19)20-8-9-22-24(15-20)33-17-32-22/h2-9,14-16,26H,10-13,17H2,1H3,(H,27,28). The Morgan fingerprint density at radius 1 is 0.909 bits per heavy atom. The number of rotatable bonds is 5. The highest BCUT2D eigenvalue weighted by Crippen LogP contribution is 2.38. The molecule has 0 spiro atoms. The molecular formula is C26H26N4O3. The highest BCUT2D eigenvalue weighted by Gasteiger charge is 2.29. The first kappa shape index (κ1) is 20.1. The van der Waals surface area contributed by atoms with Gasteiger partial charge in [0.25, 0.3) is 0 Å². The molecule has 6 rings (SSSR count). The van der Waals surface area contributed by atoms with Crippen LogP contribution in [0.5, 0.6) is 11.5 Å². The molecule has 1 unspecified atom stereocenters. The largest absolute Gasteiger partial charge is 0.463 e. The number of hydrogen-bond acceptors (Lipinski definition) is 6. The fourth-order valence-corrected chi connectivity index (χ4v) is 4.72. The van der Waals surface area contributed by atoms with Crippen LogP contribution in [0.15, 0.2) is 71.5 Å². The third-order valence-electron chi connectivity index (χ3n) is 6.55. The number of nitrogens with one attached hydrogen (secondary N) is 1. The van der Waals surface area contributed by atoms with Crippen LogP contribution in [0.25, 0.3) is 22.6 Å². The predicted octanol–water partition coefficient (Wildman–Crippen LogP) is 4.40. The minimum absolute atomic E-state index is 0.0864. The van der Waals surface area contributed by atoms with Crippen molar-refractivity contribution in [2.75, 3.05) is 40.0 Å². The molecule has 4 aromatic rings. The maximum Gasteiger partial charge on any atom is 0.231 e. The van der Waals surface area contributed by atoms with E-state index in [0.717, 1.165) is 65.8 Å². The second-order valence-electron chi connectivity index (χ2n) is 8.60. The molecule has 168 valence electrons. The van der Waals surface area contributed by atoms with Crippen molar-refractivity contribution >= 4 is 0 Å². The molecule has 0 aliphatic carbocycles. The van der Waals surface area contributed by atoms with Gasteiger partial charge in [-0.05, 0) is 48.0 Å². The Labute approximate surface area is 192 Å². The van der Waals surface area contributed by atoms with Gasteiger partial charge in [-0.1, -0.05) is 30.3 Å². The van der Waals surface area contributed by atoms with E-state index in [-0.39, 0.29) is 12.8 Å². The van der Waals surface area contributed by atoms with Crippen molar-refractivity contribution in [3.8, 4) is 34.1 Å². The fraction of sp³-hybridized carbons (Fsp3) is 0.269. The first-order chi connectivity index (χ1) is 16.3. The van der Waals surface area contributed by atoms with Crippen LogP contribution in [0, 0.1) is 0 Å². The van der Waals surface area contributed by atoms with Crippen molar-refractivity contribution < 1.29 is 13.9 Å². The van der Waals surface area contributed by atoms with E-state index in [1.54, 1.807) is 6.26 Å². The van der Waals surface area contributed by atoms with E-state index in [2.05, 4.69) is 57.4 Å². The number of nitrogens with zero attached hydrogens (tertiary/aromatic N) is 3. The summed E-state index contributed by atoms with van der Waals surface area (Å²) in [5.41, 5.74) is 5.49. The molecule has 4 heterocycles. The van der Waals surface area contributed by atoms with Gasteiger partial charge in [0.1, 0.15) is 5.69 Å². The fourth-order valence-electron chi connectivity index (χ4n) is 4.72. The van der Waals surface area contributed by atoms with Crippen LogP contribution in [0.4, 0.5) is 0 Å². The van der Waals surface area contributed by atoms with E-state index in [1.165, 1.54) is 5.56 Å². The van der Waals surface area contributed by atoms with Gasteiger partial charge in [-0.25, -0.2) is 0 Å². The Morgan fingerprint density at radius 2 is 1.70 bits per heavy atom. The Kier molecular flexibility index (Phi) is 5.13. The van der Waals surface area contributed by atoms with Gasteiger partial charge in [0.05, 0.1) is 12.3 Å². The maximum atomic E-state index is 5.69. The van der Waals surface area contributed by atoms with Gasteiger partial charge < -0.3 is 18.8 Å². The molecule has 2 aromatic carbocycles. The van der Waals surface area contributed by atoms with E-state index in [0.29, 0.717) is 0 Å². The Morgan fingerprint density at radius 3 is 2.48 bits per heavy atom. The molecule has 2 aliphatic rings. The van der Waals surface area contributed by atoms with Gasteiger partial charge in [-0.2, -0.15) is 5.10 Å². The van der Waals surface area contributed by atoms with Gasteiger partial charge in [0.15, 0.2) is 17.3 Å². The minimum Gasteiger partial charge on any atom is -0.463 e. The van der Waals surface area contributed by atoms with Crippen molar-refractivity contribution in [2.24, 2.45) is 0 Å². The topological polar surface area (TPSA) is 66.8 Å². The molecule has 0 radical (unpaired) electrons. The minimum atomic E-state index is 0.0864. The van der Waals surface area contributed by atoms with Gasteiger partial charge in [-0.15, -0.1) is 0 Å². The number of benzene rings is 2. The molecule has 7 heteroatoms. The summed E-state index contributed by atoms with van der Waals surface area (Å²) in [5, 5.41) is 7.60. The van der Waals surface area contributed by atoms with E-state index < -0.39 is 0 Å². The summed E-state index contributed by atoms with van der Waals surface area (Å²) in [6.45, 7) is 4.36. The monoisotopic (exact) mass is 442 g/mol. The van der Waals surface area contributed by atoms with Gasteiger partial charge >= 0.3 is 0 Å². The smallest absolute Gasteiger partial charge is 0.231 e. The Bertz CT molecular complexity index is 1220. The van der Waals surface area contributed by atoms with Crippen LogP contribution >= 0.6 is 0 Å². The number of hydrogen-bond donors (Lipinski definition) is 1. The van der Waals surface area contributed by atoms with Crippen LogP contribution in [0.1, 0.15) is 17.2 Å². The summed E-state index contributed by atoms with van der Waals surface area (Å²) in [5.74, 6) is 2.38. The number of aromatic amines is 1. The maximum absolute atomic E-state index is 5.69. The van der Waals surface area contributed by atoms with Crippen LogP contribution in [-0.4, -0.2) is 60.0 Å². The zero-order chi connectivity index (χ0) is 22.2. The van der Waals surface area contributed by atoms with Crippen molar-refractivity contribution in [3.63, 3.8) is 0 Å². The molecule has 1 saturated heterocycles. The van der Waals surface area contributed by atoms with Crippen LogP contribution in [0.3, 0.4) is 0 Å². The van der Waals surface area contributed by atoms with Gasteiger partial charge in [0.2, 0.25) is 6.79 Å². The summed E-state index contributed by atoms with van der Waals surface area (Å²) in [7, 11) is 2.18. The molecular weight excluding hydrogens is 416 g/mol. The zero-order valence-corrected chi connectivity index (χ0v) is 18.5. The van der Waals surface area contributed by atoms with Crippen LogP contribution < -0.4 is 9.47 Å². The molecule has 33 heavy (non-hydrogen) atoms. The highest BCUT2D eigenvalue weighted by molar-refractivity contribution is 5.68. The van der Waals surface area contributed by atoms with E-state index in [9.17, 15) is 0 Å². The first-order valence-electron chi connectivity index (χ1n) is 11.3. The Hall–Kier alpha value is -3.55. The third kappa shape index (κ3) is 3.79.